The van der Waals surface area contributed by atoms with E-state index in [1.807, 2.05) is 13.8 Å². The molecule has 18 heteroatoms. The fraction of sp³-hybridized carbons (Fsp3) is 0.568. The van der Waals surface area contributed by atoms with Crippen molar-refractivity contribution in [1.82, 2.24) is 21.3 Å². The number of amides is 4. The van der Waals surface area contributed by atoms with Gasteiger partial charge in [-0.25, -0.2) is 4.79 Å². The van der Waals surface area contributed by atoms with Gasteiger partial charge in [0.25, 0.3) is 0 Å². The number of ether oxygens (including phenoxy) is 1. The largest absolute Gasteiger partial charge is 0.454 e. The van der Waals surface area contributed by atoms with Gasteiger partial charge in [0.2, 0.25) is 23.6 Å². The Morgan fingerprint density at radius 2 is 1.29 bits per heavy atom. The van der Waals surface area contributed by atoms with Crippen LogP contribution in [0.4, 0.5) is 0 Å². The lowest BCUT2D eigenvalue weighted by Crippen LogP contribution is -2.58. The minimum Gasteiger partial charge on any atom is -0.454 e. The van der Waals surface area contributed by atoms with E-state index in [0.717, 1.165) is 0 Å². The first kappa shape index (κ1) is 47.3. The first-order chi connectivity index (χ1) is 26.0. The molecule has 0 aliphatic carbocycles. The number of guanidine groups is 2. The minimum absolute atomic E-state index is 0.0102. The van der Waals surface area contributed by atoms with Crippen LogP contribution in [0.3, 0.4) is 0 Å². The third-order valence-electron chi connectivity index (χ3n) is 8.16. The molecule has 0 aliphatic rings. The van der Waals surface area contributed by atoms with Crippen molar-refractivity contribution in [3.63, 3.8) is 0 Å². The van der Waals surface area contributed by atoms with Crippen molar-refractivity contribution < 1.29 is 38.6 Å². The van der Waals surface area contributed by atoms with E-state index in [1.165, 1.54) is 0 Å². The van der Waals surface area contributed by atoms with Gasteiger partial charge in [0.05, 0.1) is 18.2 Å². The van der Waals surface area contributed by atoms with Crippen LogP contribution in [0, 0.1) is 32.1 Å². The lowest BCUT2D eigenvalue weighted by atomic mass is 10.0. The van der Waals surface area contributed by atoms with Gasteiger partial charge >= 0.3 is 5.97 Å². The van der Waals surface area contributed by atoms with Crippen molar-refractivity contribution in [2.24, 2.45) is 38.8 Å². The van der Waals surface area contributed by atoms with Gasteiger partial charge in [0.15, 0.2) is 24.3 Å². The molecule has 1 rings (SSSR count). The number of aliphatic imine (C=N–C) groups is 2. The van der Waals surface area contributed by atoms with Gasteiger partial charge in [-0.2, -0.15) is 0 Å². The number of aliphatic hydroxyl groups excluding tert-OH is 1. The number of esters is 1. The predicted molar refractivity (Wildman–Crippen MR) is 208 cm³/mol. The zero-order valence-corrected chi connectivity index (χ0v) is 32.2. The van der Waals surface area contributed by atoms with Crippen molar-refractivity contribution in [1.29, 1.82) is 0 Å². The quantitative estimate of drug-likeness (QED) is 0.0189. The molecule has 0 saturated heterocycles. The van der Waals surface area contributed by atoms with Crippen molar-refractivity contribution >= 4 is 47.3 Å². The van der Waals surface area contributed by atoms with Crippen LogP contribution in [0.1, 0.15) is 86.7 Å². The van der Waals surface area contributed by atoms with Crippen LogP contribution in [0.15, 0.2) is 28.2 Å². The number of aryl methyl sites for hydroxylation is 2. The van der Waals surface area contributed by atoms with E-state index < -0.39 is 66.9 Å². The summed E-state index contributed by atoms with van der Waals surface area (Å²) in [5.74, 6) is -2.08. The summed E-state index contributed by atoms with van der Waals surface area (Å²) in [7, 11) is 0. The van der Waals surface area contributed by atoms with Crippen LogP contribution in [0.25, 0.3) is 0 Å². The van der Waals surface area contributed by atoms with E-state index in [9.17, 15) is 33.9 Å². The number of hydrogen-bond donors (Lipinski definition) is 9. The highest BCUT2D eigenvalue weighted by molar-refractivity contribution is 5.98. The number of hydrogen-bond acceptors (Lipinski definition) is 10. The number of aliphatic hydroxyl groups is 1. The van der Waals surface area contributed by atoms with Gasteiger partial charge in [-0.15, -0.1) is 12.3 Å². The third kappa shape index (κ3) is 18.8. The number of rotatable bonds is 25. The second-order valence-electron chi connectivity index (χ2n) is 13.4. The molecule has 18 nitrogen and oxygen atoms in total. The summed E-state index contributed by atoms with van der Waals surface area (Å²) in [5, 5.41) is 20.5. The Bertz CT molecular complexity index is 1540. The SMILES string of the molecule is C#CCCCC(=O)NC(CC(C)C)C(=O)NC(CCCN=C(N)N)C(=O)NC(CO)C(=O)NC(CCCN=C(N)N)C(=O)COC(=O)c1c(C)cccc1C. The standard InChI is InChI=1S/C37H58N10O8/c1-6-7-8-16-30(50)44-27(19-22(2)3)33(52)46-26(15-11-18-43-37(40)41)32(51)47-28(20-48)34(53)45-25(14-10-17-42-36(38)39)29(49)21-55-35(54)31-23(4)12-9-13-24(31)5/h1,9,12-13,22,25-28,48H,7-8,10-11,14-21H2,2-5H3,(H,44,50)(H,45,53)(H,46,52)(H,47,51)(H4,38,39,42)(H4,40,41,43). The molecule has 4 unspecified atom stereocenters. The molecule has 55 heavy (non-hydrogen) atoms. The van der Waals surface area contributed by atoms with E-state index in [2.05, 4.69) is 37.2 Å². The highest BCUT2D eigenvalue weighted by Crippen LogP contribution is 2.15. The smallest absolute Gasteiger partial charge is 0.339 e. The van der Waals surface area contributed by atoms with Crippen LogP contribution in [-0.4, -0.2) is 103 Å². The van der Waals surface area contributed by atoms with Crippen LogP contribution in [0.5, 0.6) is 0 Å². The Hall–Kier alpha value is -5.70. The topological polar surface area (TPSA) is 309 Å². The number of terminal acetylenes is 1. The van der Waals surface area contributed by atoms with Crippen molar-refractivity contribution in [2.45, 2.75) is 103 Å². The fourth-order valence-corrected chi connectivity index (χ4v) is 5.37. The zero-order chi connectivity index (χ0) is 41.5. The number of Topliss-reactive ketones (excluding diaryl/α,β-unsaturated/α-hetero) is 1. The fourth-order valence-electron chi connectivity index (χ4n) is 5.37. The summed E-state index contributed by atoms with van der Waals surface area (Å²) >= 11 is 0. The molecule has 4 atom stereocenters. The molecule has 1 aromatic carbocycles. The Morgan fingerprint density at radius 3 is 1.82 bits per heavy atom. The molecule has 304 valence electrons. The highest BCUT2D eigenvalue weighted by Gasteiger charge is 2.31. The van der Waals surface area contributed by atoms with Gasteiger partial charge in [0.1, 0.15) is 18.1 Å². The number of nitrogens with zero attached hydrogens (tertiary/aromatic N) is 2. The first-order valence-corrected chi connectivity index (χ1v) is 18.1. The van der Waals surface area contributed by atoms with Crippen LogP contribution in [0.2, 0.25) is 0 Å². The molecule has 0 bridgehead atoms. The molecule has 1 aromatic rings. The maximum absolute atomic E-state index is 13.6. The van der Waals surface area contributed by atoms with Crippen molar-refractivity contribution in [2.75, 3.05) is 26.3 Å². The molecule has 0 spiro atoms. The van der Waals surface area contributed by atoms with Crippen molar-refractivity contribution in [3.8, 4) is 12.3 Å². The highest BCUT2D eigenvalue weighted by atomic mass is 16.5. The van der Waals surface area contributed by atoms with Crippen LogP contribution >= 0.6 is 0 Å². The number of benzene rings is 1. The molecular formula is C37H58N10O8. The van der Waals surface area contributed by atoms with E-state index in [-0.39, 0.29) is 75.4 Å². The third-order valence-corrected chi connectivity index (χ3v) is 8.16. The normalized spacial score (nSPS) is 12.8. The minimum atomic E-state index is -1.57. The van der Waals surface area contributed by atoms with E-state index >= 15 is 0 Å². The van der Waals surface area contributed by atoms with Gasteiger partial charge in [-0.1, -0.05) is 32.0 Å². The van der Waals surface area contributed by atoms with E-state index in [4.69, 9.17) is 34.1 Å². The van der Waals surface area contributed by atoms with Crippen LogP contribution in [-0.2, 0) is 28.7 Å². The van der Waals surface area contributed by atoms with Gasteiger partial charge in [0, 0.05) is 25.9 Å². The molecule has 13 N–H and O–H groups in total. The number of unbranched alkanes of at least 4 members (excludes halogenated alkanes) is 1. The number of carbonyl (C=O) groups is 6. The lowest BCUT2D eigenvalue weighted by molar-refractivity contribution is -0.135. The molecule has 0 heterocycles. The Kier molecular flexibility index (Phi) is 21.8. The maximum atomic E-state index is 13.6. The average Bonchev–Trinajstić information content (AvgIpc) is 3.11. The second kappa shape index (κ2) is 25.3. The second-order valence-corrected chi connectivity index (χ2v) is 13.4. The lowest BCUT2D eigenvalue weighted by Gasteiger charge is -2.26. The molecule has 4 amide bonds. The van der Waals surface area contributed by atoms with Crippen LogP contribution < -0.4 is 44.2 Å². The molecule has 0 saturated carbocycles. The number of nitrogens with one attached hydrogen (secondary N) is 4. The Morgan fingerprint density at radius 1 is 0.782 bits per heavy atom. The summed E-state index contributed by atoms with van der Waals surface area (Å²) < 4.78 is 5.31. The summed E-state index contributed by atoms with van der Waals surface area (Å²) in [6.45, 7) is 5.86. The molecule has 0 aliphatic heterocycles. The Balaban J connectivity index is 3.19. The number of carbonyl (C=O) groups excluding carboxylic acids is 6. The summed E-state index contributed by atoms with van der Waals surface area (Å²) in [4.78, 5) is 87.1. The molecule has 0 radical (unpaired) electrons. The molecular weight excluding hydrogens is 712 g/mol. The number of ketones is 1. The van der Waals surface area contributed by atoms with E-state index in [0.29, 0.717) is 29.5 Å². The van der Waals surface area contributed by atoms with Gasteiger partial charge in [-0.05, 0) is 69.4 Å². The monoisotopic (exact) mass is 770 g/mol. The maximum Gasteiger partial charge on any atom is 0.339 e. The zero-order valence-electron chi connectivity index (χ0n) is 32.2. The predicted octanol–water partition coefficient (Wildman–Crippen LogP) is -1.08. The summed E-state index contributed by atoms with van der Waals surface area (Å²) in [6, 6.07) is 0.200. The Labute approximate surface area is 322 Å². The average molecular weight is 771 g/mol. The summed E-state index contributed by atoms with van der Waals surface area (Å²) in [5.41, 5.74) is 23.3. The van der Waals surface area contributed by atoms with Gasteiger partial charge in [-0.3, -0.25) is 34.0 Å². The van der Waals surface area contributed by atoms with E-state index in [1.54, 1.807) is 32.0 Å². The van der Waals surface area contributed by atoms with Crippen molar-refractivity contribution in [3.05, 3.63) is 34.9 Å². The summed E-state index contributed by atoms with van der Waals surface area (Å²) in [6.07, 6.45) is 6.95. The first-order valence-electron chi connectivity index (χ1n) is 18.1. The molecule has 0 aromatic heterocycles. The molecule has 0 fully saturated rings. The van der Waals surface area contributed by atoms with Gasteiger partial charge < -0.3 is 54.0 Å². The number of nitrogens with two attached hydrogens (primary N) is 4.